The van der Waals surface area contributed by atoms with Crippen molar-refractivity contribution in [2.24, 2.45) is 0 Å². The van der Waals surface area contributed by atoms with Gasteiger partial charge in [0, 0.05) is 5.69 Å². The van der Waals surface area contributed by atoms with Gasteiger partial charge in [0.1, 0.15) is 5.75 Å². The standard InChI is InChI=1S/C17H20N2OS/c1-4-13-6-5-7-14(11-13)18-17(21)19-15-10-12(2)8-9-16(15)20-3/h5-11H,4H2,1-3H3,(H2,18,19,21). The molecule has 0 spiro atoms. The highest BCUT2D eigenvalue weighted by molar-refractivity contribution is 7.80. The molecule has 0 saturated carbocycles. The summed E-state index contributed by atoms with van der Waals surface area (Å²) < 4.78 is 5.34. The quantitative estimate of drug-likeness (QED) is 0.821. The van der Waals surface area contributed by atoms with E-state index in [9.17, 15) is 0 Å². The smallest absolute Gasteiger partial charge is 0.175 e. The molecular formula is C17H20N2OS. The average molecular weight is 300 g/mol. The van der Waals surface area contributed by atoms with Crippen molar-refractivity contribution in [1.29, 1.82) is 0 Å². The second kappa shape index (κ2) is 7.09. The van der Waals surface area contributed by atoms with E-state index >= 15 is 0 Å². The highest BCUT2D eigenvalue weighted by Crippen LogP contribution is 2.25. The summed E-state index contributed by atoms with van der Waals surface area (Å²) in [6.07, 6.45) is 1.00. The number of ether oxygens (including phenoxy) is 1. The third-order valence-electron chi connectivity index (χ3n) is 3.20. The molecule has 0 fully saturated rings. The highest BCUT2D eigenvalue weighted by Gasteiger charge is 2.05. The lowest BCUT2D eigenvalue weighted by atomic mass is 10.1. The fourth-order valence-electron chi connectivity index (χ4n) is 2.07. The van der Waals surface area contributed by atoms with Gasteiger partial charge in [-0.15, -0.1) is 0 Å². The first-order chi connectivity index (χ1) is 10.1. The lowest BCUT2D eigenvalue weighted by Gasteiger charge is -2.14. The summed E-state index contributed by atoms with van der Waals surface area (Å²) in [5.74, 6) is 0.770. The van der Waals surface area contributed by atoms with Crippen molar-refractivity contribution >= 4 is 28.7 Å². The number of hydrogen-bond acceptors (Lipinski definition) is 2. The molecule has 2 N–H and O–H groups in total. The Hall–Kier alpha value is -2.07. The van der Waals surface area contributed by atoms with Crippen LogP contribution in [0.3, 0.4) is 0 Å². The number of anilines is 2. The molecule has 0 heterocycles. The van der Waals surface area contributed by atoms with Crippen LogP contribution in [-0.2, 0) is 6.42 Å². The van der Waals surface area contributed by atoms with Gasteiger partial charge in [0.05, 0.1) is 12.8 Å². The molecular weight excluding hydrogens is 280 g/mol. The summed E-state index contributed by atoms with van der Waals surface area (Å²) in [5.41, 5.74) is 4.27. The maximum Gasteiger partial charge on any atom is 0.175 e. The monoisotopic (exact) mass is 300 g/mol. The molecule has 0 amide bonds. The van der Waals surface area contributed by atoms with Crippen molar-refractivity contribution in [2.75, 3.05) is 17.7 Å². The first kappa shape index (κ1) is 15.3. The molecule has 0 aliphatic rings. The average Bonchev–Trinajstić information content (AvgIpc) is 2.47. The Kier molecular flexibility index (Phi) is 5.17. The van der Waals surface area contributed by atoms with Crippen molar-refractivity contribution in [1.82, 2.24) is 0 Å². The lowest BCUT2D eigenvalue weighted by Crippen LogP contribution is -2.19. The van der Waals surface area contributed by atoms with Gasteiger partial charge in [0.2, 0.25) is 0 Å². The third-order valence-corrected chi connectivity index (χ3v) is 3.40. The number of nitrogens with one attached hydrogen (secondary N) is 2. The number of aryl methyl sites for hydroxylation is 2. The van der Waals surface area contributed by atoms with Gasteiger partial charge in [-0.05, 0) is 61.0 Å². The Balaban J connectivity index is 2.09. The van der Waals surface area contributed by atoms with E-state index in [-0.39, 0.29) is 0 Å². The summed E-state index contributed by atoms with van der Waals surface area (Å²) in [7, 11) is 1.65. The molecule has 2 aromatic rings. The zero-order valence-electron chi connectivity index (χ0n) is 12.6. The third kappa shape index (κ3) is 4.20. The van der Waals surface area contributed by atoms with Crippen LogP contribution in [0.5, 0.6) is 5.75 Å². The Bertz CT molecular complexity index is 640. The number of methoxy groups -OCH3 is 1. The van der Waals surface area contributed by atoms with Crippen molar-refractivity contribution in [3.05, 3.63) is 53.6 Å². The van der Waals surface area contributed by atoms with Crippen molar-refractivity contribution < 1.29 is 4.74 Å². The summed E-state index contributed by atoms with van der Waals surface area (Å²) in [4.78, 5) is 0. The minimum Gasteiger partial charge on any atom is -0.495 e. The molecule has 2 aromatic carbocycles. The van der Waals surface area contributed by atoms with Gasteiger partial charge in [-0.25, -0.2) is 0 Å². The lowest BCUT2D eigenvalue weighted by molar-refractivity contribution is 0.417. The van der Waals surface area contributed by atoms with Crippen LogP contribution in [0.1, 0.15) is 18.1 Å². The second-order valence-electron chi connectivity index (χ2n) is 4.84. The van der Waals surface area contributed by atoms with Crippen LogP contribution >= 0.6 is 12.2 Å². The van der Waals surface area contributed by atoms with Crippen LogP contribution in [0, 0.1) is 6.92 Å². The molecule has 0 radical (unpaired) electrons. The van der Waals surface area contributed by atoms with E-state index in [0.29, 0.717) is 5.11 Å². The predicted molar refractivity (Wildman–Crippen MR) is 93.4 cm³/mol. The summed E-state index contributed by atoms with van der Waals surface area (Å²) in [6, 6.07) is 14.2. The van der Waals surface area contributed by atoms with E-state index in [0.717, 1.165) is 29.1 Å². The Morgan fingerprint density at radius 3 is 2.67 bits per heavy atom. The summed E-state index contributed by atoms with van der Waals surface area (Å²) in [6.45, 7) is 4.17. The molecule has 4 heteroatoms. The summed E-state index contributed by atoms with van der Waals surface area (Å²) >= 11 is 5.37. The molecule has 0 saturated heterocycles. The molecule has 0 aliphatic heterocycles. The molecule has 110 valence electrons. The van der Waals surface area contributed by atoms with Crippen LogP contribution in [0.15, 0.2) is 42.5 Å². The molecule has 0 aromatic heterocycles. The Labute approximate surface area is 131 Å². The van der Waals surface area contributed by atoms with Crippen LogP contribution in [0.4, 0.5) is 11.4 Å². The number of thiocarbonyl (C=S) groups is 1. The van der Waals surface area contributed by atoms with Gasteiger partial charge in [-0.2, -0.15) is 0 Å². The first-order valence-corrected chi connectivity index (χ1v) is 7.34. The van der Waals surface area contributed by atoms with Crippen molar-refractivity contribution in [3.8, 4) is 5.75 Å². The van der Waals surface area contributed by atoms with Crippen molar-refractivity contribution in [2.45, 2.75) is 20.3 Å². The molecule has 21 heavy (non-hydrogen) atoms. The van der Waals surface area contributed by atoms with Crippen LogP contribution in [0.2, 0.25) is 0 Å². The first-order valence-electron chi connectivity index (χ1n) is 6.94. The minimum atomic E-state index is 0.548. The number of hydrogen-bond donors (Lipinski definition) is 2. The minimum absolute atomic E-state index is 0.548. The maximum absolute atomic E-state index is 5.37. The SMILES string of the molecule is CCc1cccc(NC(=S)Nc2cc(C)ccc2OC)c1. The Morgan fingerprint density at radius 2 is 1.95 bits per heavy atom. The fourth-order valence-corrected chi connectivity index (χ4v) is 2.30. The van der Waals surface area contributed by atoms with E-state index in [1.807, 2.05) is 37.3 Å². The zero-order valence-corrected chi connectivity index (χ0v) is 13.4. The number of rotatable bonds is 4. The van der Waals surface area contributed by atoms with Crippen LogP contribution < -0.4 is 15.4 Å². The molecule has 3 nitrogen and oxygen atoms in total. The van der Waals surface area contributed by atoms with E-state index < -0.39 is 0 Å². The topological polar surface area (TPSA) is 33.3 Å². The van der Waals surface area contributed by atoms with E-state index in [1.165, 1.54) is 5.56 Å². The van der Waals surface area contributed by atoms with Crippen LogP contribution in [0.25, 0.3) is 0 Å². The Morgan fingerprint density at radius 1 is 1.14 bits per heavy atom. The summed E-state index contributed by atoms with van der Waals surface area (Å²) in [5, 5.41) is 6.93. The van der Waals surface area contributed by atoms with Gasteiger partial charge in [0.25, 0.3) is 0 Å². The maximum atomic E-state index is 5.37. The van der Waals surface area contributed by atoms with Gasteiger partial charge in [0.15, 0.2) is 5.11 Å². The molecule has 0 bridgehead atoms. The molecule has 0 atom stereocenters. The second-order valence-corrected chi connectivity index (χ2v) is 5.25. The predicted octanol–water partition coefficient (Wildman–Crippen LogP) is 4.37. The van der Waals surface area contributed by atoms with E-state index in [1.54, 1.807) is 7.11 Å². The fraction of sp³-hybridized carbons (Fsp3) is 0.235. The van der Waals surface area contributed by atoms with Gasteiger partial charge < -0.3 is 15.4 Å². The van der Waals surface area contributed by atoms with Crippen molar-refractivity contribution in [3.63, 3.8) is 0 Å². The van der Waals surface area contributed by atoms with Crippen LogP contribution in [-0.4, -0.2) is 12.2 Å². The zero-order chi connectivity index (χ0) is 15.2. The molecule has 0 unspecified atom stereocenters. The highest BCUT2D eigenvalue weighted by atomic mass is 32.1. The molecule has 2 rings (SSSR count). The number of benzene rings is 2. The van der Waals surface area contributed by atoms with Gasteiger partial charge >= 0.3 is 0 Å². The van der Waals surface area contributed by atoms with Gasteiger partial charge in [-0.3, -0.25) is 0 Å². The molecule has 0 aliphatic carbocycles. The van der Waals surface area contributed by atoms with Gasteiger partial charge in [-0.1, -0.05) is 25.1 Å². The van der Waals surface area contributed by atoms with E-state index in [4.69, 9.17) is 17.0 Å². The largest absolute Gasteiger partial charge is 0.495 e. The van der Waals surface area contributed by atoms with E-state index in [2.05, 4.69) is 29.7 Å². The normalized spacial score (nSPS) is 10.0.